The lowest BCUT2D eigenvalue weighted by molar-refractivity contribution is 0.0895. The molecule has 0 saturated heterocycles. The van der Waals surface area contributed by atoms with Crippen molar-refractivity contribution in [2.45, 2.75) is 19.9 Å². The molecule has 3 rings (SSSR count). The summed E-state index contributed by atoms with van der Waals surface area (Å²) in [7, 11) is 0. The third kappa shape index (κ3) is 3.70. The maximum Gasteiger partial charge on any atom is 0.249 e. The van der Waals surface area contributed by atoms with Crippen LogP contribution in [0.15, 0.2) is 48.8 Å². The van der Waals surface area contributed by atoms with Crippen molar-refractivity contribution in [2.24, 2.45) is 0 Å². The first-order chi connectivity index (χ1) is 12.2. The highest BCUT2D eigenvalue weighted by molar-refractivity contribution is 5.81. The molecule has 2 heterocycles. The van der Waals surface area contributed by atoms with Crippen LogP contribution in [0, 0.1) is 11.3 Å². The first-order valence-electron chi connectivity index (χ1n) is 7.85. The molecule has 0 radical (unpaired) electrons. The number of carbonyl (C=O) groups is 1. The third-order valence-corrected chi connectivity index (χ3v) is 3.60. The van der Waals surface area contributed by atoms with Gasteiger partial charge in [0.2, 0.25) is 11.9 Å². The van der Waals surface area contributed by atoms with Crippen LogP contribution in [0.5, 0.6) is 0 Å². The fraction of sp³-hybridized carbons (Fsp3) is 0.167. The number of hydrogen-bond acceptors (Lipinski definition) is 6. The number of hydrogen-bond donors (Lipinski definition) is 1. The second kappa shape index (κ2) is 7.36. The summed E-state index contributed by atoms with van der Waals surface area (Å²) < 4.78 is 1.28. The summed E-state index contributed by atoms with van der Waals surface area (Å²) in [6.07, 6.45) is 3.64. The smallest absolute Gasteiger partial charge is 0.249 e. The average molecular weight is 332 g/mol. The molecule has 7 heteroatoms. The van der Waals surface area contributed by atoms with Crippen LogP contribution in [-0.4, -0.2) is 25.7 Å². The third-order valence-electron chi connectivity index (χ3n) is 3.60. The molecule has 0 aliphatic carbocycles. The van der Waals surface area contributed by atoms with Crippen molar-refractivity contribution in [2.75, 3.05) is 5.32 Å². The minimum atomic E-state index is -0.148. The van der Waals surface area contributed by atoms with Gasteiger partial charge in [-0.15, -0.1) is 5.10 Å². The first-order valence-corrected chi connectivity index (χ1v) is 7.85. The molecule has 0 saturated carbocycles. The number of anilines is 1. The lowest BCUT2D eigenvalue weighted by Gasteiger charge is -2.06. The van der Waals surface area contributed by atoms with Gasteiger partial charge in [-0.25, -0.2) is 0 Å². The minimum Gasteiger partial charge on any atom is -0.350 e. The van der Waals surface area contributed by atoms with E-state index in [0.29, 0.717) is 30.3 Å². The molecule has 2 aromatic heterocycles. The molecule has 0 fully saturated rings. The molecule has 7 nitrogen and oxygen atoms in total. The summed E-state index contributed by atoms with van der Waals surface area (Å²) >= 11 is 0. The van der Waals surface area contributed by atoms with Gasteiger partial charge in [0.25, 0.3) is 0 Å². The first kappa shape index (κ1) is 16.3. The van der Waals surface area contributed by atoms with Crippen LogP contribution in [-0.2, 0) is 6.54 Å². The van der Waals surface area contributed by atoms with Crippen LogP contribution < -0.4 is 5.32 Å². The number of rotatable bonds is 5. The number of pyridine rings is 1. The van der Waals surface area contributed by atoms with Crippen LogP contribution in [0.2, 0.25) is 0 Å². The Morgan fingerprint density at radius 3 is 2.72 bits per heavy atom. The van der Waals surface area contributed by atoms with Gasteiger partial charge >= 0.3 is 0 Å². The molecule has 124 valence electrons. The molecule has 0 aliphatic heterocycles. The Labute approximate surface area is 145 Å². The number of nitriles is 1. The van der Waals surface area contributed by atoms with E-state index in [1.165, 1.54) is 4.68 Å². The van der Waals surface area contributed by atoms with E-state index in [9.17, 15) is 4.79 Å². The van der Waals surface area contributed by atoms with Gasteiger partial charge in [-0.05, 0) is 29.8 Å². The van der Waals surface area contributed by atoms with E-state index in [1.807, 2.05) is 18.2 Å². The lowest BCUT2D eigenvalue weighted by Crippen LogP contribution is -2.15. The predicted molar refractivity (Wildman–Crippen MR) is 92.7 cm³/mol. The van der Waals surface area contributed by atoms with E-state index >= 15 is 0 Å². The number of benzene rings is 1. The minimum absolute atomic E-state index is 0.148. The van der Waals surface area contributed by atoms with E-state index < -0.39 is 0 Å². The van der Waals surface area contributed by atoms with Gasteiger partial charge in [0.05, 0.1) is 11.6 Å². The zero-order valence-corrected chi connectivity index (χ0v) is 13.7. The van der Waals surface area contributed by atoms with Gasteiger partial charge in [-0.1, -0.05) is 19.1 Å². The Kier molecular flexibility index (Phi) is 4.81. The van der Waals surface area contributed by atoms with Crippen molar-refractivity contribution in [1.82, 2.24) is 19.7 Å². The van der Waals surface area contributed by atoms with E-state index in [2.05, 4.69) is 26.5 Å². The second-order valence-corrected chi connectivity index (χ2v) is 5.32. The number of carbonyl (C=O) groups excluding carboxylic acids is 1. The van der Waals surface area contributed by atoms with E-state index in [-0.39, 0.29) is 5.91 Å². The number of nitrogens with one attached hydrogen (secondary N) is 1. The fourth-order valence-corrected chi connectivity index (χ4v) is 2.25. The largest absolute Gasteiger partial charge is 0.350 e. The zero-order chi connectivity index (χ0) is 17.6. The van der Waals surface area contributed by atoms with Gasteiger partial charge in [0.1, 0.15) is 0 Å². The molecule has 0 atom stereocenters. The van der Waals surface area contributed by atoms with Gasteiger partial charge in [-0.3, -0.25) is 9.78 Å². The Morgan fingerprint density at radius 2 is 2.08 bits per heavy atom. The van der Waals surface area contributed by atoms with Crippen molar-refractivity contribution in [3.8, 4) is 17.5 Å². The van der Waals surface area contributed by atoms with Gasteiger partial charge in [0.15, 0.2) is 5.82 Å². The summed E-state index contributed by atoms with van der Waals surface area (Å²) in [5.41, 5.74) is 2.32. The highest BCUT2D eigenvalue weighted by Crippen LogP contribution is 2.17. The van der Waals surface area contributed by atoms with Crippen LogP contribution >= 0.6 is 0 Å². The molecule has 0 bridgehead atoms. The van der Waals surface area contributed by atoms with E-state index in [4.69, 9.17) is 5.26 Å². The van der Waals surface area contributed by atoms with Crippen molar-refractivity contribution >= 4 is 11.9 Å². The molecule has 0 amide bonds. The van der Waals surface area contributed by atoms with Gasteiger partial charge in [0, 0.05) is 30.9 Å². The Hall–Kier alpha value is -3.53. The summed E-state index contributed by atoms with van der Waals surface area (Å²) in [5.74, 6) is 0.678. The van der Waals surface area contributed by atoms with Crippen LogP contribution in [0.25, 0.3) is 11.4 Å². The molecule has 0 aliphatic rings. The maximum absolute atomic E-state index is 12.1. The zero-order valence-electron chi connectivity index (χ0n) is 13.7. The van der Waals surface area contributed by atoms with Crippen molar-refractivity contribution < 1.29 is 4.79 Å². The summed E-state index contributed by atoms with van der Waals surface area (Å²) in [6.45, 7) is 2.24. The number of aromatic nitrogens is 4. The molecular weight excluding hydrogens is 316 g/mol. The monoisotopic (exact) mass is 332 g/mol. The Balaban J connectivity index is 1.84. The highest BCUT2D eigenvalue weighted by Gasteiger charge is 2.16. The Bertz CT molecular complexity index is 909. The standard InChI is InChI=1S/C18H16N6O/c1-2-16(25)24-18(21-11-14-7-5-13(10-19)6-8-14)22-17(23-24)15-4-3-9-20-12-15/h3-9,12H,2,11H2,1H3,(H,21,22,23). The molecule has 3 aromatic rings. The van der Waals surface area contributed by atoms with Gasteiger partial charge in [-0.2, -0.15) is 14.9 Å². The van der Waals surface area contributed by atoms with E-state index in [1.54, 1.807) is 37.5 Å². The molecule has 1 aromatic carbocycles. The van der Waals surface area contributed by atoms with Crippen LogP contribution in [0.3, 0.4) is 0 Å². The van der Waals surface area contributed by atoms with Crippen molar-refractivity contribution in [1.29, 1.82) is 5.26 Å². The summed E-state index contributed by atoms with van der Waals surface area (Å²) in [6, 6.07) is 12.9. The van der Waals surface area contributed by atoms with Crippen LogP contribution in [0.1, 0.15) is 29.3 Å². The molecule has 25 heavy (non-hydrogen) atoms. The van der Waals surface area contributed by atoms with Crippen molar-refractivity contribution in [3.63, 3.8) is 0 Å². The maximum atomic E-state index is 12.1. The van der Waals surface area contributed by atoms with Crippen LogP contribution in [0.4, 0.5) is 5.95 Å². The highest BCUT2D eigenvalue weighted by atomic mass is 16.2. The molecule has 0 unspecified atom stereocenters. The predicted octanol–water partition coefficient (Wildman–Crippen LogP) is 2.87. The molecular formula is C18H16N6O. The SMILES string of the molecule is CCC(=O)n1nc(-c2cccnc2)nc1NCc1ccc(C#N)cc1. The quantitative estimate of drug-likeness (QED) is 0.771. The second-order valence-electron chi connectivity index (χ2n) is 5.32. The average Bonchev–Trinajstić information content (AvgIpc) is 3.11. The van der Waals surface area contributed by atoms with E-state index in [0.717, 1.165) is 11.1 Å². The van der Waals surface area contributed by atoms with Crippen molar-refractivity contribution in [3.05, 3.63) is 59.9 Å². The lowest BCUT2D eigenvalue weighted by atomic mass is 10.1. The summed E-state index contributed by atoms with van der Waals surface area (Å²) in [5, 5.41) is 16.3. The number of nitrogens with zero attached hydrogens (tertiary/aromatic N) is 5. The van der Waals surface area contributed by atoms with Gasteiger partial charge < -0.3 is 5.32 Å². The topological polar surface area (TPSA) is 96.5 Å². The molecule has 0 spiro atoms. The fourth-order valence-electron chi connectivity index (χ4n) is 2.25. The Morgan fingerprint density at radius 1 is 1.28 bits per heavy atom. The summed E-state index contributed by atoms with van der Waals surface area (Å²) in [4.78, 5) is 20.6. The normalized spacial score (nSPS) is 10.2. The molecule has 1 N–H and O–H groups in total.